The van der Waals surface area contributed by atoms with Gasteiger partial charge in [-0.15, -0.1) is 11.6 Å². The third-order valence-electron chi connectivity index (χ3n) is 7.08. The van der Waals surface area contributed by atoms with Gasteiger partial charge < -0.3 is 5.73 Å². The number of hydrogen-bond donors (Lipinski definition) is 1. The zero-order valence-corrected chi connectivity index (χ0v) is 14.4. The molecule has 0 aromatic heterocycles. The molecular weight excluding hydrogens is 306 g/mol. The SMILES string of the molecule is NC(=O)C12CC3CC(c4ccccc4)(CC(C1)C3CCCCl)C2. The first-order valence-corrected chi connectivity index (χ1v) is 9.53. The number of primary amides is 1. The van der Waals surface area contributed by atoms with Crippen molar-refractivity contribution in [2.24, 2.45) is 28.9 Å². The van der Waals surface area contributed by atoms with Gasteiger partial charge in [0.1, 0.15) is 0 Å². The van der Waals surface area contributed by atoms with Crippen molar-refractivity contribution in [3.8, 4) is 0 Å². The van der Waals surface area contributed by atoms with Crippen LogP contribution in [0.15, 0.2) is 30.3 Å². The molecule has 4 aliphatic carbocycles. The molecule has 4 saturated carbocycles. The lowest BCUT2D eigenvalue weighted by molar-refractivity contribution is -0.154. The Hall–Kier alpha value is -1.02. The monoisotopic (exact) mass is 331 g/mol. The quantitative estimate of drug-likeness (QED) is 0.805. The molecule has 2 N–H and O–H groups in total. The molecular formula is C20H26ClNO. The van der Waals surface area contributed by atoms with Crippen LogP contribution in [0.3, 0.4) is 0 Å². The highest BCUT2D eigenvalue weighted by Crippen LogP contribution is 2.68. The van der Waals surface area contributed by atoms with Crippen molar-refractivity contribution < 1.29 is 4.79 Å². The molecule has 1 amide bonds. The lowest BCUT2D eigenvalue weighted by Gasteiger charge is -2.64. The minimum absolute atomic E-state index is 0.0528. The number of carbonyl (C=O) groups is 1. The molecule has 124 valence electrons. The second kappa shape index (κ2) is 5.51. The summed E-state index contributed by atoms with van der Waals surface area (Å²) in [7, 11) is 0. The number of hydrogen-bond acceptors (Lipinski definition) is 1. The van der Waals surface area contributed by atoms with Crippen molar-refractivity contribution in [1.29, 1.82) is 0 Å². The van der Waals surface area contributed by atoms with E-state index in [1.54, 1.807) is 0 Å². The topological polar surface area (TPSA) is 43.1 Å². The number of rotatable bonds is 5. The van der Waals surface area contributed by atoms with Gasteiger partial charge in [0.05, 0.1) is 5.41 Å². The number of benzene rings is 1. The first-order valence-electron chi connectivity index (χ1n) is 9.00. The third kappa shape index (κ3) is 2.33. The lowest BCUT2D eigenvalue weighted by atomic mass is 9.39. The number of alkyl halides is 1. The van der Waals surface area contributed by atoms with Crippen LogP contribution in [0.5, 0.6) is 0 Å². The van der Waals surface area contributed by atoms with E-state index in [4.69, 9.17) is 17.3 Å². The molecule has 1 aromatic carbocycles. The van der Waals surface area contributed by atoms with Crippen LogP contribution in [0.4, 0.5) is 0 Å². The highest BCUT2D eigenvalue weighted by atomic mass is 35.5. The normalized spacial score (nSPS) is 41.2. The lowest BCUT2D eigenvalue weighted by Crippen LogP contribution is -2.61. The van der Waals surface area contributed by atoms with Crippen LogP contribution in [-0.4, -0.2) is 11.8 Å². The maximum atomic E-state index is 12.3. The molecule has 3 heteroatoms. The van der Waals surface area contributed by atoms with Crippen LogP contribution in [0.1, 0.15) is 50.5 Å². The number of carbonyl (C=O) groups excluding carboxylic acids is 1. The van der Waals surface area contributed by atoms with E-state index in [1.807, 2.05) is 0 Å². The van der Waals surface area contributed by atoms with E-state index in [0.29, 0.717) is 11.8 Å². The Morgan fingerprint density at radius 2 is 1.78 bits per heavy atom. The zero-order valence-electron chi connectivity index (χ0n) is 13.6. The largest absolute Gasteiger partial charge is 0.369 e. The van der Waals surface area contributed by atoms with Crippen molar-refractivity contribution in [2.75, 3.05) is 5.88 Å². The molecule has 4 bridgehead atoms. The summed E-state index contributed by atoms with van der Waals surface area (Å²) in [6, 6.07) is 10.9. The minimum atomic E-state index is -0.251. The molecule has 2 unspecified atom stereocenters. The maximum absolute atomic E-state index is 12.3. The molecule has 4 aliphatic rings. The van der Waals surface area contributed by atoms with Gasteiger partial charge >= 0.3 is 0 Å². The van der Waals surface area contributed by atoms with Crippen molar-refractivity contribution >= 4 is 17.5 Å². The average Bonchev–Trinajstić information content (AvgIpc) is 2.54. The summed E-state index contributed by atoms with van der Waals surface area (Å²) in [5.74, 6) is 2.74. The van der Waals surface area contributed by atoms with Gasteiger partial charge in [-0.25, -0.2) is 0 Å². The van der Waals surface area contributed by atoms with Crippen molar-refractivity contribution in [2.45, 2.75) is 50.4 Å². The first-order chi connectivity index (χ1) is 11.1. The van der Waals surface area contributed by atoms with E-state index in [1.165, 1.54) is 24.8 Å². The van der Waals surface area contributed by atoms with Gasteiger partial charge in [-0.3, -0.25) is 4.79 Å². The molecule has 0 spiro atoms. The summed E-state index contributed by atoms with van der Waals surface area (Å²) in [6.45, 7) is 0. The predicted octanol–water partition coefficient (Wildman–Crippen LogP) is 4.26. The second-order valence-electron chi connectivity index (χ2n) is 8.30. The van der Waals surface area contributed by atoms with Crippen molar-refractivity contribution in [3.05, 3.63) is 35.9 Å². The Kier molecular flexibility index (Phi) is 3.72. The average molecular weight is 332 g/mol. The molecule has 2 atom stereocenters. The first kappa shape index (κ1) is 15.5. The zero-order chi connectivity index (χ0) is 16.1. The number of nitrogens with two attached hydrogens (primary N) is 1. The van der Waals surface area contributed by atoms with Gasteiger partial charge in [-0.2, -0.15) is 0 Å². The molecule has 2 nitrogen and oxygen atoms in total. The van der Waals surface area contributed by atoms with Crippen LogP contribution in [0.25, 0.3) is 0 Å². The molecule has 23 heavy (non-hydrogen) atoms. The van der Waals surface area contributed by atoms with Crippen LogP contribution >= 0.6 is 11.6 Å². The highest BCUT2D eigenvalue weighted by molar-refractivity contribution is 6.17. The summed E-state index contributed by atoms with van der Waals surface area (Å²) in [5.41, 5.74) is 7.27. The summed E-state index contributed by atoms with van der Waals surface area (Å²) in [4.78, 5) is 12.3. The molecule has 0 radical (unpaired) electrons. The van der Waals surface area contributed by atoms with Gasteiger partial charge in [0.15, 0.2) is 0 Å². The van der Waals surface area contributed by atoms with Crippen molar-refractivity contribution in [3.63, 3.8) is 0 Å². The Balaban J connectivity index is 1.71. The molecule has 1 aromatic rings. The fourth-order valence-electron chi connectivity index (χ4n) is 6.45. The van der Waals surface area contributed by atoms with E-state index in [2.05, 4.69) is 30.3 Å². The summed E-state index contributed by atoms with van der Waals surface area (Å²) >= 11 is 5.94. The smallest absolute Gasteiger partial charge is 0.223 e. The summed E-state index contributed by atoms with van der Waals surface area (Å²) in [5, 5.41) is 0. The van der Waals surface area contributed by atoms with Crippen LogP contribution in [-0.2, 0) is 10.2 Å². The highest BCUT2D eigenvalue weighted by Gasteiger charge is 2.63. The van der Waals surface area contributed by atoms with Crippen LogP contribution in [0, 0.1) is 23.2 Å². The van der Waals surface area contributed by atoms with E-state index < -0.39 is 0 Å². The van der Waals surface area contributed by atoms with E-state index >= 15 is 0 Å². The van der Waals surface area contributed by atoms with Gasteiger partial charge in [0.25, 0.3) is 0 Å². The summed E-state index contributed by atoms with van der Waals surface area (Å²) in [6.07, 6.45) is 7.78. The Labute approximate surface area is 143 Å². The fourth-order valence-corrected chi connectivity index (χ4v) is 6.60. The van der Waals surface area contributed by atoms with Gasteiger partial charge in [-0.05, 0) is 73.7 Å². The standard InChI is InChI=1S/C20H26ClNO/c21-8-4-7-17-14-9-19(16-5-2-1-3-6-16)10-15(17)12-20(11-14,13-19)18(22)23/h1-3,5-6,14-15,17H,4,7-13H2,(H2,22,23). The predicted molar refractivity (Wildman–Crippen MR) is 93.3 cm³/mol. The molecule has 4 fully saturated rings. The van der Waals surface area contributed by atoms with Crippen molar-refractivity contribution in [1.82, 2.24) is 0 Å². The number of halogens is 1. The molecule has 0 heterocycles. The fraction of sp³-hybridized carbons (Fsp3) is 0.650. The van der Waals surface area contributed by atoms with E-state index in [9.17, 15) is 4.79 Å². The Morgan fingerprint density at radius 3 is 2.35 bits per heavy atom. The second-order valence-corrected chi connectivity index (χ2v) is 8.68. The Morgan fingerprint density at radius 1 is 1.13 bits per heavy atom. The Bertz CT molecular complexity index is 583. The van der Waals surface area contributed by atoms with Crippen LogP contribution in [0.2, 0.25) is 0 Å². The minimum Gasteiger partial charge on any atom is -0.369 e. The van der Waals surface area contributed by atoms with E-state index in [0.717, 1.165) is 37.5 Å². The molecule has 5 rings (SSSR count). The van der Waals surface area contributed by atoms with E-state index in [-0.39, 0.29) is 16.7 Å². The van der Waals surface area contributed by atoms with Gasteiger partial charge in [0.2, 0.25) is 5.91 Å². The maximum Gasteiger partial charge on any atom is 0.223 e. The molecule has 0 aliphatic heterocycles. The molecule has 0 saturated heterocycles. The third-order valence-corrected chi connectivity index (χ3v) is 7.35. The van der Waals surface area contributed by atoms with Crippen LogP contribution < -0.4 is 5.73 Å². The summed E-state index contributed by atoms with van der Waals surface area (Å²) < 4.78 is 0. The van der Waals surface area contributed by atoms with Gasteiger partial charge in [-0.1, -0.05) is 30.3 Å². The number of amides is 1. The van der Waals surface area contributed by atoms with Gasteiger partial charge in [0, 0.05) is 5.88 Å².